The molecular formula is C19H25Br2Cl4N2O7P. The normalized spacial score (nSPS) is 13.4. The third kappa shape index (κ3) is 10.1. The van der Waals surface area contributed by atoms with E-state index in [1.165, 1.54) is 20.3 Å². The van der Waals surface area contributed by atoms with Crippen LogP contribution in [0.2, 0.25) is 10.0 Å². The number of alkyl halides is 4. The van der Waals surface area contributed by atoms with E-state index in [0.717, 1.165) is 4.68 Å². The predicted octanol–water partition coefficient (Wildman–Crippen LogP) is 7.87. The molecule has 1 unspecified atom stereocenters. The lowest BCUT2D eigenvalue weighted by Gasteiger charge is -2.22. The molecule has 16 heteroatoms. The molecule has 35 heavy (non-hydrogen) atoms. The molecule has 0 aliphatic heterocycles. The maximum Gasteiger partial charge on any atom is 0.475 e. The highest BCUT2D eigenvalue weighted by Gasteiger charge is 2.38. The zero-order chi connectivity index (χ0) is 27.4. The van der Waals surface area contributed by atoms with Crippen LogP contribution < -0.4 is 10.5 Å². The summed E-state index contributed by atoms with van der Waals surface area (Å²) in [5, 5.41) is 3.94. The summed E-state index contributed by atoms with van der Waals surface area (Å²) in [7, 11) is -1.21. The zero-order valence-corrected chi connectivity index (χ0v) is 26.9. The SMILES string of the molecule is CC(C)Oc1cc(-n2nc(C(C)(C)C)oc2=O)c(Cl)cc1Cl.COP(=O)(OC)OC(Br)C(Cl)(Cl)Br. The van der Waals surface area contributed by atoms with Gasteiger partial charge in [-0.1, -0.05) is 83.1 Å². The van der Waals surface area contributed by atoms with Crippen molar-refractivity contribution < 1.29 is 27.3 Å². The Balaban J connectivity index is 0.000000405. The summed E-state index contributed by atoms with van der Waals surface area (Å²) in [6, 6.07) is 3.11. The largest absolute Gasteiger partial charge is 0.489 e. The molecule has 0 saturated carbocycles. The van der Waals surface area contributed by atoms with Crippen LogP contribution in [0.25, 0.3) is 5.69 Å². The van der Waals surface area contributed by atoms with Crippen LogP contribution in [0.1, 0.15) is 40.5 Å². The Kier molecular flexibility index (Phi) is 12.6. The first-order chi connectivity index (χ1) is 15.8. The number of halogens is 6. The highest BCUT2D eigenvalue weighted by molar-refractivity contribution is 9.13. The molecule has 1 atom stereocenters. The van der Waals surface area contributed by atoms with Crippen LogP contribution in [-0.2, 0) is 23.6 Å². The van der Waals surface area contributed by atoms with Gasteiger partial charge in [0.2, 0.25) is 9.13 Å². The van der Waals surface area contributed by atoms with E-state index < -0.39 is 21.8 Å². The van der Waals surface area contributed by atoms with Crippen molar-refractivity contribution in [1.82, 2.24) is 9.78 Å². The minimum absolute atomic E-state index is 0.0642. The lowest BCUT2D eigenvalue weighted by atomic mass is 9.97. The van der Waals surface area contributed by atoms with Gasteiger partial charge in [0.25, 0.3) is 0 Å². The van der Waals surface area contributed by atoms with E-state index in [-0.39, 0.29) is 16.5 Å². The van der Waals surface area contributed by atoms with Gasteiger partial charge in [0.1, 0.15) is 5.75 Å². The number of hydrogen-bond acceptors (Lipinski definition) is 8. The van der Waals surface area contributed by atoms with E-state index in [2.05, 4.69) is 46.0 Å². The van der Waals surface area contributed by atoms with Crippen LogP contribution in [-0.4, -0.2) is 38.4 Å². The molecule has 0 spiro atoms. The lowest BCUT2D eigenvalue weighted by Crippen LogP contribution is -2.21. The number of nitrogens with zero attached hydrogens (tertiary/aromatic N) is 2. The molecular weight excluding hydrogens is 701 g/mol. The van der Waals surface area contributed by atoms with Gasteiger partial charge >= 0.3 is 13.6 Å². The number of phosphoric acid groups is 1. The number of aromatic nitrogens is 2. The van der Waals surface area contributed by atoms with E-state index in [1.54, 1.807) is 6.07 Å². The molecule has 0 radical (unpaired) electrons. The van der Waals surface area contributed by atoms with E-state index in [9.17, 15) is 9.36 Å². The van der Waals surface area contributed by atoms with Crippen molar-refractivity contribution in [1.29, 1.82) is 0 Å². The Morgan fingerprint density at radius 3 is 2.06 bits per heavy atom. The Bertz CT molecular complexity index is 1090. The Hall–Kier alpha value is 0.190. The fraction of sp³-hybridized carbons (Fsp3) is 0.579. The molecule has 0 saturated heterocycles. The molecule has 200 valence electrons. The minimum Gasteiger partial charge on any atom is -0.489 e. The molecule has 0 N–H and O–H groups in total. The van der Waals surface area contributed by atoms with Crippen LogP contribution in [0.3, 0.4) is 0 Å². The Morgan fingerprint density at radius 1 is 1.11 bits per heavy atom. The summed E-state index contributed by atoms with van der Waals surface area (Å²) in [6.07, 6.45) is -0.0642. The average molecular weight is 726 g/mol. The summed E-state index contributed by atoms with van der Waals surface area (Å²) in [6.45, 7) is 9.47. The van der Waals surface area contributed by atoms with Crippen molar-refractivity contribution >= 4 is 86.1 Å². The fourth-order valence-corrected chi connectivity index (χ4v) is 4.37. The summed E-state index contributed by atoms with van der Waals surface area (Å²) in [4.78, 5) is 12.1. The summed E-state index contributed by atoms with van der Waals surface area (Å²) < 4.78 is 35.7. The maximum absolute atomic E-state index is 12.1. The van der Waals surface area contributed by atoms with Crippen molar-refractivity contribution in [3.8, 4) is 11.4 Å². The van der Waals surface area contributed by atoms with Crippen LogP contribution in [0.15, 0.2) is 21.3 Å². The van der Waals surface area contributed by atoms with Gasteiger partial charge < -0.3 is 9.15 Å². The molecule has 2 rings (SSSR count). The summed E-state index contributed by atoms with van der Waals surface area (Å²) in [5.41, 5.74) is -0.0217. The van der Waals surface area contributed by atoms with Gasteiger partial charge in [-0.05, 0) is 35.8 Å². The third-order valence-electron chi connectivity index (χ3n) is 3.71. The first-order valence-electron chi connectivity index (χ1n) is 9.72. The first-order valence-corrected chi connectivity index (χ1v) is 14.4. The monoisotopic (exact) mass is 722 g/mol. The van der Waals surface area contributed by atoms with Crippen LogP contribution in [0, 0.1) is 0 Å². The quantitative estimate of drug-likeness (QED) is 0.200. The van der Waals surface area contributed by atoms with Crippen LogP contribution in [0.4, 0.5) is 0 Å². The van der Waals surface area contributed by atoms with Gasteiger partial charge in [0.05, 0.1) is 21.8 Å². The predicted molar refractivity (Wildman–Crippen MR) is 145 cm³/mol. The van der Waals surface area contributed by atoms with Gasteiger partial charge in [-0.15, -0.1) is 5.10 Å². The Morgan fingerprint density at radius 2 is 1.66 bits per heavy atom. The van der Waals surface area contributed by atoms with Gasteiger partial charge in [0.15, 0.2) is 5.01 Å². The molecule has 0 fully saturated rings. The molecule has 0 bridgehead atoms. The second-order valence-electron chi connectivity index (χ2n) is 8.01. The summed E-state index contributed by atoms with van der Waals surface area (Å²) in [5.74, 6) is 0.155. The maximum atomic E-state index is 12.1. The van der Waals surface area contributed by atoms with Crippen molar-refractivity contribution in [3.63, 3.8) is 0 Å². The minimum atomic E-state index is -3.58. The number of rotatable bonds is 8. The molecule has 1 heterocycles. The highest BCUT2D eigenvalue weighted by atomic mass is 79.9. The number of phosphoric ester groups is 1. The van der Waals surface area contributed by atoms with E-state index in [0.29, 0.717) is 22.4 Å². The molecule has 1 aromatic carbocycles. The molecule has 0 aliphatic carbocycles. The smallest absolute Gasteiger partial charge is 0.475 e. The molecule has 0 aliphatic rings. The second kappa shape index (κ2) is 13.3. The fourth-order valence-electron chi connectivity index (χ4n) is 2.09. The van der Waals surface area contributed by atoms with Gasteiger partial charge in [-0.3, -0.25) is 13.6 Å². The number of ether oxygens (including phenoxy) is 1. The first kappa shape index (κ1) is 33.2. The van der Waals surface area contributed by atoms with E-state index in [1.807, 2.05) is 34.6 Å². The average Bonchev–Trinajstić information content (AvgIpc) is 3.11. The third-order valence-corrected chi connectivity index (χ3v) is 8.79. The number of benzene rings is 1. The van der Waals surface area contributed by atoms with Gasteiger partial charge in [-0.25, -0.2) is 9.36 Å². The lowest BCUT2D eigenvalue weighted by molar-refractivity contribution is 0.146. The molecule has 1 aromatic heterocycles. The van der Waals surface area contributed by atoms with Crippen molar-refractivity contribution in [2.75, 3.05) is 14.2 Å². The van der Waals surface area contributed by atoms with Crippen molar-refractivity contribution in [2.24, 2.45) is 0 Å². The summed E-state index contributed by atoms with van der Waals surface area (Å²) >= 11 is 29.3. The van der Waals surface area contributed by atoms with Gasteiger partial charge in [0, 0.05) is 25.7 Å². The van der Waals surface area contributed by atoms with Crippen LogP contribution >= 0.6 is 86.1 Å². The molecule has 0 amide bonds. The second-order valence-corrected chi connectivity index (χ2v) is 15.0. The topological polar surface area (TPSA) is 102 Å². The zero-order valence-electron chi connectivity index (χ0n) is 19.8. The highest BCUT2D eigenvalue weighted by Crippen LogP contribution is 2.53. The standard InChI is InChI=1S/C15H18Cl2N2O3.C4H7Br2Cl2O4P/c1-8(2)21-12-7-11(9(16)6-10(12)17)19-14(20)22-13(18-19)15(3,4)5;1-10-13(9,11-2)12-3(5)4(6,7)8/h6-8H,1-5H3;3H,1-2H3. The number of hydrogen-bond donors (Lipinski definition) is 0. The van der Waals surface area contributed by atoms with E-state index in [4.69, 9.17) is 60.1 Å². The van der Waals surface area contributed by atoms with Gasteiger partial charge in [-0.2, -0.15) is 4.68 Å². The molecule has 9 nitrogen and oxygen atoms in total. The van der Waals surface area contributed by atoms with Crippen LogP contribution in [0.5, 0.6) is 5.75 Å². The Labute approximate surface area is 240 Å². The van der Waals surface area contributed by atoms with E-state index >= 15 is 0 Å². The van der Waals surface area contributed by atoms with Crippen molar-refractivity contribution in [3.05, 3.63) is 38.6 Å². The molecule has 2 aromatic rings. The van der Waals surface area contributed by atoms with Crippen molar-refractivity contribution in [2.45, 2.75) is 54.4 Å².